The highest BCUT2D eigenvalue weighted by molar-refractivity contribution is 5.87. The number of rotatable bonds is 3. The van der Waals surface area contributed by atoms with Crippen LogP contribution in [0, 0.1) is 0 Å². The molecule has 0 radical (unpaired) electrons. The van der Waals surface area contributed by atoms with Gasteiger partial charge < -0.3 is 9.30 Å². The predicted octanol–water partition coefficient (Wildman–Crippen LogP) is 0.771. The Morgan fingerprint density at radius 2 is 2.48 bits per heavy atom. The molecule has 0 aliphatic carbocycles. The summed E-state index contributed by atoms with van der Waals surface area (Å²) in [5.41, 5.74) is 0.337. The van der Waals surface area contributed by atoms with Crippen LogP contribution in [0.4, 0.5) is 5.95 Å². The molecule has 1 amide bonds. The summed E-state index contributed by atoms with van der Waals surface area (Å²) in [6, 6.07) is 0. The standard InChI is InChI=1S/C13H15N5O3/c1-8(19)15-13-16-11-10(12(20)17-13)18(7-14-11)6-9-4-2-3-5-21-9/h3,5,7,9H,2,4,6H2,1H3,(H2,15,16,17,19,20). The molecule has 0 fully saturated rings. The van der Waals surface area contributed by atoms with E-state index in [2.05, 4.69) is 20.3 Å². The molecule has 0 bridgehead atoms. The summed E-state index contributed by atoms with van der Waals surface area (Å²) >= 11 is 0. The van der Waals surface area contributed by atoms with Crippen LogP contribution in [0.1, 0.15) is 19.8 Å². The summed E-state index contributed by atoms with van der Waals surface area (Å²) in [6.45, 7) is 1.88. The van der Waals surface area contributed by atoms with Crippen LogP contribution in [-0.2, 0) is 16.1 Å². The number of aromatic amines is 1. The molecule has 1 atom stereocenters. The Labute approximate surface area is 119 Å². The fraction of sp³-hybridized carbons (Fsp3) is 0.385. The Balaban J connectivity index is 1.92. The number of imidazole rings is 1. The molecule has 2 N–H and O–H groups in total. The highest BCUT2D eigenvalue weighted by Crippen LogP contribution is 2.15. The molecule has 0 saturated carbocycles. The first-order valence-electron chi connectivity index (χ1n) is 6.66. The average molecular weight is 289 g/mol. The lowest BCUT2D eigenvalue weighted by Crippen LogP contribution is -2.22. The highest BCUT2D eigenvalue weighted by Gasteiger charge is 2.16. The maximum Gasteiger partial charge on any atom is 0.278 e. The fourth-order valence-corrected chi connectivity index (χ4v) is 2.29. The zero-order chi connectivity index (χ0) is 14.8. The van der Waals surface area contributed by atoms with Crippen molar-refractivity contribution in [1.29, 1.82) is 0 Å². The van der Waals surface area contributed by atoms with Crippen LogP contribution >= 0.6 is 0 Å². The minimum absolute atomic E-state index is 0.0156. The lowest BCUT2D eigenvalue weighted by atomic mass is 10.1. The van der Waals surface area contributed by atoms with Gasteiger partial charge in [0.25, 0.3) is 5.56 Å². The molecule has 21 heavy (non-hydrogen) atoms. The smallest absolute Gasteiger partial charge is 0.278 e. The number of anilines is 1. The molecule has 8 nitrogen and oxygen atoms in total. The van der Waals surface area contributed by atoms with Crippen LogP contribution < -0.4 is 10.9 Å². The molecule has 3 rings (SSSR count). The number of carbonyl (C=O) groups is 1. The van der Waals surface area contributed by atoms with Crippen molar-refractivity contribution < 1.29 is 9.53 Å². The number of carbonyl (C=O) groups excluding carboxylic acids is 1. The summed E-state index contributed by atoms with van der Waals surface area (Å²) in [5.74, 6) is -0.207. The van der Waals surface area contributed by atoms with Gasteiger partial charge in [-0.2, -0.15) is 4.98 Å². The molecule has 1 aliphatic rings. The second kappa shape index (κ2) is 5.39. The van der Waals surface area contributed by atoms with Crippen molar-refractivity contribution in [2.75, 3.05) is 5.32 Å². The van der Waals surface area contributed by atoms with Gasteiger partial charge in [-0.25, -0.2) is 4.98 Å². The van der Waals surface area contributed by atoms with Gasteiger partial charge in [0.2, 0.25) is 11.9 Å². The molecule has 110 valence electrons. The van der Waals surface area contributed by atoms with E-state index in [4.69, 9.17) is 4.74 Å². The van der Waals surface area contributed by atoms with Crippen molar-refractivity contribution in [3.05, 3.63) is 29.0 Å². The Morgan fingerprint density at radius 1 is 1.62 bits per heavy atom. The lowest BCUT2D eigenvalue weighted by Gasteiger charge is -2.19. The van der Waals surface area contributed by atoms with Gasteiger partial charge in [-0.15, -0.1) is 0 Å². The minimum atomic E-state index is -0.340. The third-order valence-corrected chi connectivity index (χ3v) is 3.20. The first-order chi connectivity index (χ1) is 10.1. The summed E-state index contributed by atoms with van der Waals surface area (Å²) in [4.78, 5) is 33.9. The molecule has 2 aromatic rings. The van der Waals surface area contributed by atoms with Gasteiger partial charge in [0.05, 0.1) is 19.1 Å². The molecule has 0 saturated heterocycles. The molecular weight excluding hydrogens is 274 g/mol. The number of fused-ring (bicyclic) bond motifs is 1. The van der Waals surface area contributed by atoms with Gasteiger partial charge in [-0.1, -0.05) is 0 Å². The van der Waals surface area contributed by atoms with E-state index >= 15 is 0 Å². The van der Waals surface area contributed by atoms with Crippen LogP contribution in [0.5, 0.6) is 0 Å². The van der Waals surface area contributed by atoms with Gasteiger partial charge in [0.15, 0.2) is 11.2 Å². The number of ether oxygens (including phenoxy) is 1. The number of hydrogen-bond acceptors (Lipinski definition) is 5. The fourth-order valence-electron chi connectivity index (χ4n) is 2.29. The zero-order valence-corrected chi connectivity index (χ0v) is 11.5. The van der Waals surface area contributed by atoms with Gasteiger partial charge >= 0.3 is 0 Å². The van der Waals surface area contributed by atoms with Crippen molar-refractivity contribution >= 4 is 23.0 Å². The largest absolute Gasteiger partial charge is 0.496 e. The summed E-state index contributed by atoms with van der Waals surface area (Å²) in [7, 11) is 0. The Bertz CT molecular complexity index is 761. The number of allylic oxidation sites excluding steroid dienone is 1. The van der Waals surface area contributed by atoms with E-state index in [1.54, 1.807) is 17.2 Å². The van der Waals surface area contributed by atoms with Crippen molar-refractivity contribution in [2.24, 2.45) is 0 Å². The van der Waals surface area contributed by atoms with E-state index in [0.29, 0.717) is 17.7 Å². The molecule has 1 aliphatic heterocycles. The SMILES string of the molecule is CC(=O)Nc1nc2ncn(CC3CCC=CO3)c2c(=O)[nH]1. The molecule has 1 unspecified atom stereocenters. The Morgan fingerprint density at radius 3 is 3.19 bits per heavy atom. The lowest BCUT2D eigenvalue weighted by molar-refractivity contribution is -0.114. The second-order valence-electron chi connectivity index (χ2n) is 4.87. The molecule has 8 heteroatoms. The quantitative estimate of drug-likeness (QED) is 0.869. The second-order valence-corrected chi connectivity index (χ2v) is 4.87. The van der Waals surface area contributed by atoms with E-state index in [9.17, 15) is 9.59 Å². The number of nitrogens with one attached hydrogen (secondary N) is 2. The van der Waals surface area contributed by atoms with E-state index in [1.165, 1.54) is 6.92 Å². The Hall–Kier alpha value is -2.64. The molecular formula is C13H15N5O3. The van der Waals surface area contributed by atoms with Crippen LogP contribution in [0.15, 0.2) is 23.5 Å². The topological polar surface area (TPSA) is 102 Å². The van der Waals surface area contributed by atoms with Crippen molar-refractivity contribution in [3.63, 3.8) is 0 Å². The number of aromatic nitrogens is 4. The summed E-state index contributed by atoms with van der Waals surface area (Å²) in [6.07, 6.45) is 7.08. The normalized spacial score (nSPS) is 17.7. The Kier molecular flexibility index (Phi) is 3.43. The van der Waals surface area contributed by atoms with Gasteiger partial charge in [0, 0.05) is 6.92 Å². The van der Waals surface area contributed by atoms with Gasteiger partial charge in [-0.05, 0) is 18.9 Å². The van der Waals surface area contributed by atoms with Crippen LogP contribution in [0.25, 0.3) is 11.2 Å². The number of H-pyrrole nitrogens is 1. The molecule has 0 spiro atoms. The van der Waals surface area contributed by atoms with Crippen LogP contribution in [-0.4, -0.2) is 31.5 Å². The van der Waals surface area contributed by atoms with Crippen molar-refractivity contribution in [2.45, 2.75) is 32.4 Å². The monoisotopic (exact) mass is 289 g/mol. The van der Waals surface area contributed by atoms with Gasteiger partial charge in [0.1, 0.15) is 6.10 Å². The van der Waals surface area contributed by atoms with Crippen LogP contribution in [0.2, 0.25) is 0 Å². The molecule has 2 aromatic heterocycles. The van der Waals surface area contributed by atoms with E-state index in [-0.39, 0.29) is 23.5 Å². The highest BCUT2D eigenvalue weighted by atomic mass is 16.5. The van der Waals surface area contributed by atoms with E-state index in [0.717, 1.165) is 12.8 Å². The van der Waals surface area contributed by atoms with E-state index in [1.807, 2.05) is 6.08 Å². The summed E-state index contributed by atoms with van der Waals surface area (Å²) in [5, 5.41) is 2.44. The van der Waals surface area contributed by atoms with Crippen molar-refractivity contribution in [3.8, 4) is 0 Å². The average Bonchev–Trinajstić information content (AvgIpc) is 2.82. The number of nitrogens with zero attached hydrogens (tertiary/aromatic N) is 3. The number of hydrogen-bond donors (Lipinski definition) is 2. The number of amides is 1. The van der Waals surface area contributed by atoms with Crippen molar-refractivity contribution in [1.82, 2.24) is 19.5 Å². The third kappa shape index (κ3) is 2.78. The third-order valence-electron chi connectivity index (χ3n) is 3.20. The first-order valence-corrected chi connectivity index (χ1v) is 6.66. The van der Waals surface area contributed by atoms with Gasteiger partial charge in [-0.3, -0.25) is 19.9 Å². The summed E-state index contributed by atoms with van der Waals surface area (Å²) < 4.78 is 7.22. The van der Waals surface area contributed by atoms with Crippen LogP contribution in [0.3, 0.4) is 0 Å². The minimum Gasteiger partial charge on any atom is -0.496 e. The maximum absolute atomic E-state index is 12.1. The predicted molar refractivity (Wildman–Crippen MR) is 75.7 cm³/mol. The zero-order valence-electron chi connectivity index (χ0n) is 11.5. The first kappa shape index (κ1) is 13.3. The molecule has 3 heterocycles. The maximum atomic E-state index is 12.1. The van der Waals surface area contributed by atoms with E-state index < -0.39 is 0 Å². The molecule has 0 aromatic carbocycles.